The van der Waals surface area contributed by atoms with E-state index in [0.717, 1.165) is 0 Å². The van der Waals surface area contributed by atoms with Gasteiger partial charge in [-0.15, -0.1) is 0 Å². The van der Waals surface area contributed by atoms with Crippen molar-refractivity contribution in [1.29, 1.82) is 0 Å². The van der Waals surface area contributed by atoms with Crippen LogP contribution in [-0.2, 0) is 44.4 Å². The van der Waals surface area contributed by atoms with Crippen molar-refractivity contribution in [2.24, 2.45) is 0 Å². The van der Waals surface area contributed by atoms with E-state index in [2.05, 4.69) is 13.9 Å². The van der Waals surface area contributed by atoms with Crippen LogP contribution in [0.1, 0.15) is 0 Å². The molecule has 1 unspecified atom stereocenters. The van der Waals surface area contributed by atoms with E-state index in [1.54, 1.807) is 0 Å². The first kappa shape index (κ1) is 7.03. The van der Waals surface area contributed by atoms with Crippen molar-refractivity contribution in [1.82, 2.24) is 0 Å². The van der Waals surface area contributed by atoms with Crippen LogP contribution in [0.5, 0.6) is 0 Å². The fourth-order valence-corrected chi connectivity index (χ4v) is 0. The van der Waals surface area contributed by atoms with Gasteiger partial charge in [0.25, 0.3) is 0 Å². The molecule has 0 spiro atoms. The maximum atomic E-state index is 9.69. The Labute approximate surface area is 53.2 Å². The monoisotopic (exact) mass is 310 g/mol. The van der Waals surface area contributed by atoms with Crippen molar-refractivity contribution >= 4 is 20.2 Å². The molecule has 0 rings (SSSR count). The van der Waals surface area contributed by atoms with Gasteiger partial charge in [0.1, 0.15) is 0 Å². The second-order valence-corrected chi connectivity index (χ2v) is 3.78. The van der Waals surface area contributed by atoms with Gasteiger partial charge in [-0.25, -0.2) is 0 Å². The fraction of sp³-hybridized carbons (Fsp3) is 0. The topological polar surface area (TPSA) is 46.5 Å². The summed E-state index contributed by atoms with van der Waals surface area (Å²) < 4.78 is 21.4. The summed E-state index contributed by atoms with van der Waals surface area (Å²) >= 11 is 5.26. The van der Waals surface area contributed by atoms with Gasteiger partial charge in [-0.3, -0.25) is 0 Å². The molecule has 0 bridgehead atoms. The molecule has 1 N–H and O–H groups in total. The van der Waals surface area contributed by atoms with E-state index >= 15 is 0 Å². The van der Waals surface area contributed by atoms with Crippen molar-refractivity contribution in [3.05, 3.63) is 0 Å². The summed E-state index contributed by atoms with van der Waals surface area (Å²) in [5, 5.41) is 0. The normalized spacial score (nSPS) is 19.8. The SMILES string of the molecule is O=S(O)(=S)[O][Au]. The first-order valence-electron chi connectivity index (χ1n) is 0.806. The molecule has 6 heavy (non-hydrogen) atoms. The molecule has 0 amide bonds. The predicted molar refractivity (Wildman–Crippen MR) is 19.2 cm³/mol. The molecule has 0 aromatic heterocycles. The van der Waals surface area contributed by atoms with Crippen LogP contribution in [0.15, 0.2) is 0 Å². The number of hydrogen-bond acceptors (Lipinski definition) is 3. The van der Waals surface area contributed by atoms with Crippen LogP contribution in [-0.4, -0.2) is 8.76 Å². The third kappa shape index (κ3) is 5.03. The molecular formula is HAuO3S2. The van der Waals surface area contributed by atoms with Gasteiger partial charge in [0.15, 0.2) is 0 Å². The summed E-state index contributed by atoms with van der Waals surface area (Å²) in [6.45, 7) is 0. The summed E-state index contributed by atoms with van der Waals surface area (Å²) in [6.07, 6.45) is 0. The minimum atomic E-state index is -3.35. The van der Waals surface area contributed by atoms with Crippen LogP contribution in [0, 0.1) is 0 Å². The Morgan fingerprint density at radius 2 is 2.17 bits per heavy atom. The molecule has 0 radical (unpaired) electrons. The van der Waals surface area contributed by atoms with Gasteiger partial charge in [0, 0.05) is 0 Å². The van der Waals surface area contributed by atoms with Gasteiger partial charge in [0.05, 0.1) is 0 Å². The standard InChI is InChI=1S/Au.H2O3S2/c;1-5(2,3)4/h;(H2,1,2,3,4)/q+1;/p-1. The van der Waals surface area contributed by atoms with Crippen molar-refractivity contribution in [2.75, 3.05) is 0 Å². The summed E-state index contributed by atoms with van der Waals surface area (Å²) in [7, 11) is -3.35. The minimum absolute atomic E-state index is 1.42. The molecule has 6 heteroatoms. The molecule has 0 aliphatic heterocycles. The second kappa shape index (κ2) is 2.37. The molecule has 0 aromatic rings. The zero-order valence-electron chi connectivity index (χ0n) is 2.38. The van der Waals surface area contributed by atoms with Crippen LogP contribution < -0.4 is 0 Å². The Morgan fingerprint density at radius 1 is 2.00 bits per heavy atom. The van der Waals surface area contributed by atoms with E-state index in [-0.39, 0.29) is 0 Å². The Bertz CT molecular complexity index is 111. The molecule has 1 atom stereocenters. The van der Waals surface area contributed by atoms with Crippen molar-refractivity contribution < 1.29 is 32.9 Å². The van der Waals surface area contributed by atoms with Crippen molar-refractivity contribution in [2.45, 2.75) is 0 Å². The fourth-order valence-electron chi connectivity index (χ4n) is 0. The molecule has 42 valence electrons. The summed E-state index contributed by atoms with van der Waals surface area (Å²) in [5.41, 5.74) is 0. The van der Waals surface area contributed by atoms with E-state index in [1.807, 2.05) is 0 Å². The quantitative estimate of drug-likeness (QED) is 0.670. The summed E-state index contributed by atoms with van der Waals surface area (Å²) in [6, 6.07) is 0. The van der Waals surface area contributed by atoms with Gasteiger partial charge in [0.2, 0.25) is 0 Å². The van der Waals surface area contributed by atoms with Crippen LogP contribution in [0.25, 0.3) is 0 Å². The third-order valence-corrected chi connectivity index (χ3v) is 2.57. The van der Waals surface area contributed by atoms with Crippen LogP contribution in [0.2, 0.25) is 0 Å². The van der Waals surface area contributed by atoms with Crippen LogP contribution in [0.3, 0.4) is 0 Å². The first-order valence-corrected chi connectivity index (χ1v) is 4.06. The van der Waals surface area contributed by atoms with Gasteiger partial charge in [-0.2, -0.15) is 0 Å². The molecule has 0 fully saturated rings. The first-order chi connectivity index (χ1) is 2.56. The van der Waals surface area contributed by atoms with E-state index < -0.39 is 9.05 Å². The maximum absolute atomic E-state index is 9.69. The van der Waals surface area contributed by atoms with Crippen LogP contribution >= 0.6 is 0 Å². The molecule has 0 aromatic carbocycles. The summed E-state index contributed by atoms with van der Waals surface area (Å²) in [4.78, 5) is 0. The van der Waals surface area contributed by atoms with E-state index in [4.69, 9.17) is 4.55 Å². The zero-order valence-corrected chi connectivity index (χ0v) is 6.18. The Kier molecular flexibility index (Phi) is 2.77. The average molecular weight is 310 g/mol. The van der Waals surface area contributed by atoms with Crippen LogP contribution in [0.4, 0.5) is 0 Å². The molecule has 0 heterocycles. The van der Waals surface area contributed by atoms with Gasteiger partial charge in [-0.1, -0.05) is 0 Å². The van der Waals surface area contributed by atoms with Crippen molar-refractivity contribution in [3.63, 3.8) is 0 Å². The third-order valence-electron chi connectivity index (χ3n) is 0.0635. The number of rotatable bonds is 1. The predicted octanol–water partition coefficient (Wildman–Crippen LogP) is -0.401. The number of hydrogen-bond donors (Lipinski definition) is 1. The van der Waals surface area contributed by atoms with Gasteiger partial charge in [-0.05, 0) is 0 Å². The van der Waals surface area contributed by atoms with E-state index in [1.165, 1.54) is 21.5 Å². The molecule has 0 saturated carbocycles. The van der Waals surface area contributed by atoms with E-state index in [0.29, 0.717) is 0 Å². The van der Waals surface area contributed by atoms with E-state index in [9.17, 15) is 4.21 Å². The zero-order chi connectivity index (χ0) is 5.21. The van der Waals surface area contributed by atoms with Crippen molar-refractivity contribution in [3.8, 4) is 0 Å². The molecule has 0 aliphatic carbocycles. The Morgan fingerprint density at radius 3 is 2.17 bits per heavy atom. The Balaban J connectivity index is 3.85. The average Bonchev–Trinajstić information content (AvgIpc) is 1.35. The molecule has 3 nitrogen and oxygen atoms in total. The molecular weight excluding hydrogens is 309 g/mol. The Hall–Kier alpha value is 1.03. The molecule has 0 aliphatic rings. The van der Waals surface area contributed by atoms with Gasteiger partial charge < -0.3 is 0 Å². The molecule has 0 saturated heterocycles. The van der Waals surface area contributed by atoms with Gasteiger partial charge >= 0.3 is 53.2 Å². The summed E-state index contributed by atoms with van der Waals surface area (Å²) in [5.74, 6) is 0. The second-order valence-electron chi connectivity index (χ2n) is 0.478.